The number of nitriles is 2. The maximum atomic E-state index is 8.95. The van der Waals surface area contributed by atoms with Crippen molar-refractivity contribution >= 4 is 0 Å². The summed E-state index contributed by atoms with van der Waals surface area (Å²) in [6, 6.07) is 4.29. The van der Waals surface area contributed by atoms with Gasteiger partial charge in [-0.15, -0.1) is 0 Å². The third-order valence-corrected chi connectivity index (χ3v) is 2.37. The summed E-state index contributed by atoms with van der Waals surface area (Å²) in [6.07, 6.45) is 6.05. The number of hydrogen-bond donors (Lipinski definition) is 0. The molecule has 1 unspecified atom stereocenters. The van der Waals surface area contributed by atoms with E-state index in [1.165, 1.54) is 0 Å². The second kappa shape index (κ2) is 7.32. The molecule has 17 heavy (non-hydrogen) atoms. The van der Waals surface area contributed by atoms with E-state index in [1.54, 1.807) is 18.6 Å². The third kappa shape index (κ3) is 5.05. The van der Waals surface area contributed by atoms with Crippen LogP contribution in [0.15, 0.2) is 18.6 Å². The van der Waals surface area contributed by atoms with Crippen molar-refractivity contribution in [3.05, 3.63) is 24.3 Å². The molecule has 1 heterocycles. The predicted molar refractivity (Wildman–Crippen MR) is 62.3 cm³/mol. The van der Waals surface area contributed by atoms with Gasteiger partial charge in [0.05, 0.1) is 23.8 Å². The average Bonchev–Trinajstić information content (AvgIpc) is 2.35. The van der Waals surface area contributed by atoms with Crippen LogP contribution in [0.2, 0.25) is 0 Å². The lowest BCUT2D eigenvalue weighted by molar-refractivity contribution is 0.286. The van der Waals surface area contributed by atoms with Crippen LogP contribution in [0.1, 0.15) is 18.5 Å². The van der Waals surface area contributed by atoms with Gasteiger partial charge in [-0.2, -0.15) is 10.5 Å². The Balaban J connectivity index is 2.41. The summed E-state index contributed by atoms with van der Waals surface area (Å²) in [4.78, 5) is 10.2. The Kier molecular flexibility index (Phi) is 5.63. The molecule has 0 aliphatic carbocycles. The lowest BCUT2D eigenvalue weighted by Crippen LogP contribution is -2.25. The largest absolute Gasteiger partial charge is 0.299 e. The van der Waals surface area contributed by atoms with E-state index in [0.29, 0.717) is 25.9 Å². The third-order valence-electron chi connectivity index (χ3n) is 2.37. The zero-order valence-electron chi connectivity index (χ0n) is 9.87. The van der Waals surface area contributed by atoms with E-state index in [1.807, 2.05) is 11.9 Å². The summed E-state index contributed by atoms with van der Waals surface area (Å²) in [5.41, 5.74) is 0.881. The molecule has 0 spiro atoms. The maximum Gasteiger partial charge on any atom is 0.0726 e. The van der Waals surface area contributed by atoms with Crippen molar-refractivity contribution < 1.29 is 0 Å². The molecule has 1 aromatic rings. The van der Waals surface area contributed by atoms with Gasteiger partial charge < -0.3 is 0 Å². The van der Waals surface area contributed by atoms with Crippen LogP contribution < -0.4 is 0 Å². The zero-order chi connectivity index (χ0) is 12.5. The summed E-state index contributed by atoms with van der Waals surface area (Å²) in [5, 5.41) is 17.4. The van der Waals surface area contributed by atoms with Crippen molar-refractivity contribution in [2.75, 3.05) is 13.6 Å². The van der Waals surface area contributed by atoms with Gasteiger partial charge in [-0.25, -0.2) is 0 Å². The molecule has 0 saturated heterocycles. The van der Waals surface area contributed by atoms with Crippen LogP contribution in [0.3, 0.4) is 0 Å². The quantitative estimate of drug-likeness (QED) is 0.736. The summed E-state index contributed by atoms with van der Waals surface area (Å²) in [5.74, 6) is -0.101. The molecule has 0 fully saturated rings. The van der Waals surface area contributed by atoms with Gasteiger partial charge in [0.1, 0.15) is 0 Å². The van der Waals surface area contributed by atoms with E-state index in [9.17, 15) is 0 Å². The number of rotatable bonds is 6. The Labute approximate surface area is 101 Å². The van der Waals surface area contributed by atoms with Gasteiger partial charge in [0.25, 0.3) is 0 Å². The molecule has 88 valence electrons. The van der Waals surface area contributed by atoms with E-state index in [4.69, 9.17) is 10.5 Å². The van der Waals surface area contributed by atoms with Gasteiger partial charge in [0, 0.05) is 38.1 Å². The Morgan fingerprint density at radius 2 is 2.24 bits per heavy atom. The van der Waals surface area contributed by atoms with Crippen molar-refractivity contribution in [1.29, 1.82) is 10.5 Å². The number of nitrogens with zero attached hydrogens (tertiary/aromatic N) is 5. The smallest absolute Gasteiger partial charge is 0.0726 e. The molecular formula is C12H15N5. The van der Waals surface area contributed by atoms with Crippen molar-refractivity contribution in [3.63, 3.8) is 0 Å². The SMILES string of the molecule is CN(Cc1cnccn1)CC(C#N)CCC#N. The van der Waals surface area contributed by atoms with E-state index >= 15 is 0 Å². The number of hydrogen-bond acceptors (Lipinski definition) is 5. The van der Waals surface area contributed by atoms with Crippen LogP contribution in [0, 0.1) is 28.6 Å². The number of aromatic nitrogens is 2. The molecule has 5 heteroatoms. The standard InChI is InChI=1S/C12H15N5/c1-17(9-11(7-14)3-2-4-13)10-12-8-15-5-6-16-12/h5-6,8,11H,2-3,9-10H2,1H3. The van der Waals surface area contributed by atoms with E-state index in [0.717, 1.165) is 5.69 Å². The first kappa shape index (κ1) is 13.1. The first-order chi connectivity index (χ1) is 8.26. The Morgan fingerprint density at radius 1 is 1.41 bits per heavy atom. The molecule has 0 aromatic carbocycles. The molecule has 0 N–H and O–H groups in total. The maximum absolute atomic E-state index is 8.95. The van der Waals surface area contributed by atoms with Gasteiger partial charge in [0.2, 0.25) is 0 Å². The normalized spacial score (nSPS) is 11.8. The fraction of sp³-hybridized carbons (Fsp3) is 0.500. The van der Waals surface area contributed by atoms with Gasteiger partial charge >= 0.3 is 0 Å². The second-order valence-corrected chi connectivity index (χ2v) is 3.92. The van der Waals surface area contributed by atoms with Crippen LogP contribution in [0.25, 0.3) is 0 Å². The minimum atomic E-state index is -0.101. The minimum absolute atomic E-state index is 0.101. The molecule has 0 aliphatic rings. The van der Waals surface area contributed by atoms with Crippen molar-refractivity contribution in [2.24, 2.45) is 5.92 Å². The highest BCUT2D eigenvalue weighted by atomic mass is 15.1. The van der Waals surface area contributed by atoms with E-state index in [-0.39, 0.29) is 5.92 Å². The first-order valence-electron chi connectivity index (χ1n) is 5.46. The summed E-state index contributed by atoms with van der Waals surface area (Å²) >= 11 is 0. The van der Waals surface area contributed by atoms with Crippen molar-refractivity contribution in [3.8, 4) is 12.1 Å². The summed E-state index contributed by atoms with van der Waals surface area (Å²) in [6.45, 7) is 1.31. The molecule has 0 saturated carbocycles. The summed E-state index contributed by atoms with van der Waals surface area (Å²) in [7, 11) is 1.94. The molecule has 1 aromatic heterocycles. The summed E-state index contributed by atoms with van der Waals surface area (Å²) < 4.78 is 0. The highest BCUT2D eigenvalue weighted by molar-refractivity contribution is 4.95. The highest BCUT2D eigenvalue weighted by Gasteiger charge is 2.11. The molecular weight excluding hydrogens is 214 g/mol. The topological polar surface area (TPSA) is 76.6 Å². The first-order valence-corrected chi connectivity index (χ1v) is 5.46. The highest BCUT2D eigenvalue weighted by Crippen LogP contribution is 2.08. The van der Waals surface area contributed by atoms with Gasteiger partial charge in [-0.1, -0.05) is 0 Å². The van der Waals surface area contributed by atoms with Crippen LogP contribution in [-0.2, 0) is 6.54 Å². The van der Waals surface area contributed by atoms with Crippen LogP contribution in [-0.4, -0.2) is 28.5 Å². The molecule has 0 bridgehead atoms. The van der Waals surface area contributed by atoms with Crippen LogP contribution >= 0.6 is 0 Å². The Morgan fingerprint density at radius 3 is 2.82 bits per heavy atom. The van der Waals surface area contributed by atoms with Gasteiger partial charge in [-0.3, -0.25) is 14.9 Å². The molecule has 1 rings (SSSR count). The fourth-order valence-electron chi connectivity index (χ4n) is 1.56. The monoisotopic (exact) mass is 229 g/mol. The lowest BCUT2D eigenvalue weighted by Gasteiger charge is -2.18. The van der Waals surface area contributed by atoms with Crippen molar-refractivity contribution in [1.82, 2.24) is 14.9 Å². The molecule has 5 nitrogen and oxygen atoms in total. The van der Waals surface area contributed by atoms with E-state index < -0.39 is 0 Å². The van der Waals surface area contributed by atoms with Gasteiger partial charge in [-0.05, 0) is 13.5 Å². The predicted octanol–water partition coefficient (Wildman–Crippen LogP) is 1.35. The molecule has 0 aliphatic heterocycles. The minimum Gasteiger partial charge on any atom is -0.299 e. The van der Waals surface area contributed by atoms with Crippen LogP contribution in [0.4, 0.5) is 0 Å². The zero-order valence-corrected chi connectivity index (χ0v) is 9.87. The van der Waals surface area contributed by atoms with Crippen molar-refractivity contribution in [2.45, 2.75) is 19.4 Å². The average molecular weight is 229 g/mol. The molecule has 0 radical (unpaired) electrons. The molecule has 1 atom stereocenters. The van der Waals surface area contributed by atoms with Gasteiger partial charge in [0.15, 0.2) is 0 Å². The molecule has 0 amide bonds. The lowest BCUT2D eigenvalue weighted by atomic mass is 10.1. The van der Waals surface area contributed by atoms with Crippen LogP contribution in [0.5, 0.6) is 0 Å². The second-order valence-electron chi connectivity index (χ2n) is 3.92. The Hall–Kier alpha value is -1.98. The van der Waals surface area contributed by atoms with E-state index in [2.05, 4.69) is 22.1 Å². The Bertz CT molecular complexity index is 403. The fourth-order valence-corrected chi connectivity index (χ4v) is 1.56.